The van der Waals surface area contributed by atoms with E-state index in [9.17, 15) is 9.18 Å². The van der Waals surface area contributed by atoms with Crippen LogP contribution in [-0.2, 0) is 0 Å². The standard InChI is InChI=1S/C16H10ClFN2O/c17-13-6-2-4-8-15(13)20-9-11(10-21)16(19-20)12-5-1-3-7-14(12)18/h1-10H. The fourth-order valence-corrected chi connectivity index (χ4v) is 2.32. The van der Waals surface area contributed by atoms with Crippen LogP contribution in [0.15, 0.2) is 54.7 Å². The number of nitrogens with zero attached hydrogens (tertiary/aromatic N) is 2. The van der Waals surface area contributed by atoms with Gasteiger partial charge in [0.1, 0.15) is 11.5 Å². The minimum absolute atomic E-state index is 0.283. The van der Waals surface area contributed by atoms with Crippen LogP contribution in [0.2, 0.25) is 5.02 Å². The Bertz CT molecular complexity index is 814. The number of halogens is 2. The molecule has 0 aliphatic rings. The molecular formula is C16H10ClFN2O. The summed E-state index contributed by atoms with van der Waals surface area (Å²) in [5.74, 6) is -0.426. The number of hydrogen-bond donors (Lipinski definition) is 0. The number of benzene rings is 2. The highest BCUT2D eigenvalue weighted by Crippen LogP contribution is 2.27. The minimum Gasteiger partial charge on any atom is -0.298 e. The van der Waals surface area contributed by atoms with E-state index in [1.54, 1.807) is 36.4 Å². The molecule has 0 amide bonds. The van der Waals surface area contributed by atoms with E-state index in [1.165, 1.54) is 16.9 Å². The van der Waals surface area contributed by atoms with Crippen LogP contribution in [0.4, 0.5) is 4.39 Å². The highest BCUT2D eigenvalue weighted by Gasteiger charge is 2.15. The lowest BCUT2D eigenvalue weighted by Gasteiger charge is -2.03. The maximum atomic E-state index is 13.9. The number of carbonyl (C=O) groups is 1. The van der Waals surface area contributed by atoms with Gasteiger partial charge in [0.25, 0.3) is 0 Å². The van der Waals surface area contributed by atoms with Crippen LogP contribution in [0.25, 0.3) is 16.9 Å². The Kier molecular flexibility index (Phi) is 3.54. The molecule has 0 N–H and O–H groups in total. The van der Waals surface area contributed by atoms with Crippen molar-refractivity contribution in [1.82, 2.24) is 9.78 Å². The number of para-hydroxylation sites is 1. The number of aldehydes is 1. The van der Waals surface area contributed by atoms with E-state index in [1.807, 2.05) is 6.07 Å². The van der Waals surface area contributed by atoms with Crippen molar-refractivity contribution < 1.29 is 9.18 Å². The maximum Gasteiger partial charge on any atom is 0.153 e. The summed E-state index contributed by atoms with van der Waals surface area (Å²) in [5, 5.41) is 4.80. The molecule has 1 aromatic heterocycles. The fourth-order valence-electron chi connectivity index (χ4n) is 2.10. The topological polar surface area (TPSA) is 34.9 Å². The van der Waals surface area contributed by atoms with Gasteiger partial charge in [-0.25, -0.2) is 9.07 Å². The van der Waals surface area contributed by atoms with Gasteiger partial charge in [0.2, 0.25) is 0 Å². The lowest BCUT2D eigenvalue weighted by atomic mass is 10.1. The molecule has 0 aliphatic carbocycles. The minimum atomic E-state index is -0.426. The molecule has 0 saturated heterocycles. The third-order valence-corrected chi connectivity index (χ3v) is 3.42. The van der Waals surface area contributed by atoms with Gasteiger partial charge in [-0.3, -0.25) is 4.79 Å². The van der Waals surface area contributed by atoms with Gasteiger partial charge in [-0.2, -0.15) is 5.10 Å². The molecule has 2 aromatic carbocycles. The SMILES string of the molecule is O=Cc1cn(-c2ccccc2Cl)nc1-c1ccccc1F. The van der Waals surface area contributed by atoms with Crippen molar-refractivity contribution in [3.63, 3.8) is 0 Å². The summed E-state index contributed by atoms with van der Waals surface area (Å²) in [6.45, 7) is 0. The molecule has 3 rings (SSSR count). The fraction of sp³-hybridized carbons (Fsp3) is 0. The van der Waals surface area contributed by atoms with Gasteiger partial charge in [-0.1, -0.05) is 35.9 Å². The predicted octanol–water partition coefficient (Wildman–Crippen LogP) is 4.14. The third-order valence-electron chi connectivity index (χ3n) is 3.10. The molecule has 21 heavy (non-hydrogen) atoms. The molecule has 0 fully saturated rings. The Balaban J connectivity index is 2.18. The summed E-state index contributed by atoms with van der Waals surface area (Å²) in [6, 6.07) is 13.3. The molecule has 0 saturated carbocycles. The van der Waals surface area contributed by atoms with Crippen molar-refractivity contribution >= 4 is 17.9 Å². The molecule has 104 valence electrons. The zero-order chi connectivity index (χ0) is 14.8. The zero-order valence-electron chi connectivity index (χ0n) is 10.8. The van der Waals surface area contributed by atoms with E-state index in [0.29, 0.717) is 28.3 Å². The van der Waals surface area contributed by atoms with Crippen molar-refractivity contribution in [2.75, 3.05) is 0 Å². The van der Waals surface area contributed by atoms with E-state index < -0.39 is 5.82 Å². The van der Waals surface area contributed by atoms with Gasteiger partial charge < -0.3 is 0 Å². The van der Waals surface area contributed by atoms with Crippen LogP contribution in [-0.4, -0.2) is 16.1 Å². The number of hydrogen-bond acceptors (Lipinski definition) is 2. The Morgan fingerprint density at radius 2 is 1.81 bits per heavy atom. The van der Waals surface area contributed by atoms with Crippen molar-refractivity contribution in [3.05, 3.63) is 71.1 Å². The predicted molar refractivity (Wildman–Crippen MR) is 79.4 cm³/mol. The van der Waals surface area contributed by atoms with Crippen LogP contribution in [0.3, 0.4) is 0 Å². The third kappa shape index (κ3) is 2.45. The molecular weight excluding hydrogens is 291 g/mol. The van der Waals surface area contributed by atoms with Crippen LogP contribution in [0, 0.1) is 5.82 Å². The quantitative estimate of drug-likeness (QED) is 0.681. The smallest absolute Gasteiger partial charge is 0.153 e. The van der Waals surface area contributed by atoms with E-state index >= 15 is 0 Å². The summed E-state index contributed by atoms with van der Waals surface area (Å²) < 4.78 is 15.4. The Hall–Kier alpha value is -2.46. The monoisotopic (exact) mass is 300 g/mol. The second-order valence-corrected chi connectivity index (χ2v) is 4.83. The van der Waals surface area contributed by atoms with Crippen molar-refractivity contribution in [1.29, 1.82) is 0 Å². The van der Waals surface area contributed by atoms with Crippen LogP contribution in [0.5, 0.6) is 0 Å². The van der Waals surface area contributed by atoms with Gasteiger partial charge >= 0.3 is 0 Å². The summed E-state index contributed by atoms with van der Waals surface area (Å²) in [4.78, 5) is 11.2. The van der Waals surface area contributed by atoms with Gasteiger partial charge in [-0.15, -0.1) is 0 Å². The highest BCUT2D eigenvalue weighted by molar-refractivity contribution is 6.32. The highest BCUT2D eigenvalue weighted by atomic mass is 35.5. The normalized spacial score (nSPS) is 10.6. The first-order chi connectivity index (χ1) is 10.2. The molecule has 0 radical (unpaired) electrons. The Labute approximate surface area is 125 Å². The molecule has 0 bridgehead atoms. The van der Waals surface area contributed by atoms with Crippen LogP contribution >= 0.6 is 11.6 Å². The summed E-state index contributed by atoms with van der Waals surface area (Å²) in [6.07, 6.45) is 2.19. The molecule has 0 unspecified atom stereocenters. The lowest BCUT2D eigenvalue weighted by Crippen LogP contribution is -1.96. The molecule has 0 atom stereocenters. The average Bonchev–Trinajstić information content (AvgIpc) is 2.92. The van der Waals surface area contributed by atoms with Gasteiger partial charge in [0.15, 0.2) is 6.29 Å². The van der Waals surface area contributed by atoms with Crippen molar-refractivity contribution in [2.45, 2.75) is 0 Å². The molecule has 0 aliphatic heterocycles. The maximum absolute atomic E-state index is 13.9. The largest absolute Gasteiger partial charge is 0.298 e. The summed E-state index contributed by atoms with van der Waals surface area (Å²) in [5.41, 5.74) is 1.51. The van der Waals surface area contributed by atoms with E-state index in [-0.39, 0.29) is 5.56 Å². The molecule has 3 nitrogen and oxygen atoms in total. The molecule has 3 aromatic rings. The van der Waals surface area contributed by atoms with Crippen LogP contribution < -0.4 is 0 Å². The summed E-state index contributed by atoms with van der Waals surface area (Å²) >= 11 is 6.12. The zero-order valence-corrected chi connectivity index (χ0v) is 11.6. The van der Waals surface area contributed by atoms with E-state index in [4.69, 9.17) is 11.6 Å². The van der Waals surface area contributed by atoms with Gasteiger partial charge in [0, 0.05) is 11.8 Å². The second-order valence-electron chi connectivity index (χ2n) is 4.43. The first kappa shape index (κ1) is 13.5. The summed E-state index contributed by atoms with van der Waals surface area (Å²) in [7, 11) is 0. The van der Waals surface area contributed by atoms with Crippen molar-refractivity contribution in [2.24, 2.45) is 0 Å². The van der Waals surface area contributed by atoms with Gasteiger partial charge in [-0.05, 0) is 24.3 Å². The average molecular weight is 301 g/mol. The first-order valence-corrected chi connectivity index (χ1v) is 6.63. The Morgan fingerprint density at radius 1 is 1.10 bits per heavy atom. The molecule has 0 spiro atoms. The number of aromatic nitrogens is 2. The number of carbonyl (C=O) groups excluding carboxylic acids is 1. The molecule has 1 heterocycles. The van der Waals surface area contributed by atoms with Crippen molar-refractivity contribution in [3.8, 4) is 16.9 Å². The number of rotatable bonds is 3. The van der Waals surface area contributed by atoms with E-state index in [0.717, 1.165) is 0 Å². The van der Waals surface area contributed by atoms with Gasteiger partial charge in [0.05, 0.1) is 16.3 Å². The van der Waals surface area contributed by atoms with Crippen LogP contribution in [0.1, 0.15) is 10.4 Å². The Morgan fingerprint density at radius 3 is 2.52 bits per heavy atom. The van der Waals surface area contributed by atoms with E-state index in [2.05, 4.69) is 5.10 Å². The molecule has 5 heteroatoms. The lowest BCUT2D eigenvalue weighted by molar-refractivity contribution is 0.112. The second kappa shape index (κ2) is 5.50. The first-order valence-electron chi connectivity index (χ1n) is 6.25.